The fourth-order valence-corrected chi connectivity index (χ4v) is 2.48. The van der Waals surface area contributed by atoms with E-state index in [0.29, 0.717) is 11.9 Å². The van der Waals surface area contributed by atoms with Crippen molar-refractivity contribution in [2.24, 2.45) is 0 Å². The third kappa shape index (κ3) is 2.62. The van der Waals surface area contributed by atoms with Crippen LogP contribution in [0.15, 0.2) is 17.8 Å². The number of anilines is 1. The van der Waals surface area contributed by atoms with Crippen molar-refractivity contribution in [2.75, 3.05) is 11.2 Å². The summed E-state index contributed by atoms with van der Waals surface area (Å²) in [7, 11) is 0. The lowest BCUT2D eigenvalue weighted by Crippen LogP contribution is -2.16. The van der Waals surface area contributed by atoms with Gasteiger partial charge in [-0.05, 0) is 31.2 Å². The summed E-state index contributed by atoms with van der Waals surface area (Å²) in [5.74, 6) is 1.64. The van der Waals surface area contributed by atoms with E-state index in [1.165, 1.54) is 0 Å². The largest absolute Gasteiger partial charge is 0.367 e. The minimum atomic E-state index is 0.386. The summed E-state index contributed by atoms with van der Waals surface area (Å²) in [6, 6.07) is 2.44. The van der Waals surface area contributed by atoms with Crippen molar-refractivity contribution in [1.82, 2.24) is 9.97 Å². The zero-order chi connectivity index (χ0) is 11.4. The molecule has 0 saturated heterocycles. The van der Waals surface area contributed by atoms with Gasteiger partial charge >= 0.3 is 0 Å². The summed E-state index contributed by atoms with van der Waals surface area (Å²) in [5, 5.41) is 6.54. The van der Waals surface area contributed by atoms with Crippen LogP contribution in [0.2, 0.25) is 0 Å². The average Bonchev–Trinajstić information content (AvgIpc) is 2.75. The van der Waals surface area contributed by atoms with Crippen LogP contribution in [0.3, 0.4) is 0 Å². The Morgan fingerprint density at radius 3 is 3.19 bits per heavy atom. The van der Waals surface area contributed by atoms with Crippen LogP contribution in [0.4, 0.5) is 5.82 Å². The molecule has 2 aromatic rings. The van der Waals surface area contributed by atoms with Crippen LogP contribution in [-0.2, 0) is 0 Å². The van der Waals surface area contributed by atoms with Gasteiger partial charge in [-0.1, -0.05) is 0 Å². The van der Waals surface area contributed by atoms with E-state index in [9.17, 15) is 0 Å². The van der Waals surface area contributed by atoms with Gasteiger partial charge in [-0.2, -0.15) is 0 Å². The van der Waals surface area contributed by atoms with Gasteiger partial charge in [0, 0.05) is 11.9 Å². The fourth-order valence-electron chi connectivity index (χ4n) is 1.59. The minimum Gasteiger partial charge on any atom is -0.367 e. The second-order valence-corrected chi connectivity index (χ2v) is 5.01. The lowest BCUT2D eigenvalue weighted by Gasteiger charge is -2.13. The Bertz CT molecular complexity index is 457. The van der Waals surface area contributed by atoms with Crippen molar-refractivity contribution < 1.29 is 0 Å². The maximum absolute atomic E-state index is 5.67. The van der Waals surface area contributed by atoms with Gasteiger partial charge in [0.15, 0.2) is 0 Å². The summed E-state index contributed by atoms with van der Waals surface area (Å²) in [5.41, 5.74) is 0. The van der Waals surface area contributed by atoms with Crippen LogP contribution in [0.1, 0.15) is 19.8 Å². The van der Waals surface area contributed by atoms with E-state index in [4.69, 9.17) is 11.6 Å². The molecule has 1 unspecified atom stereocenters. The first-order chi connectivity index (χ1) is 7.81. The first-order valence-electron chi connectivity index (χ1n) is 5.32. The molecular weight excluding hydrogens is 242 g/mol. The van der Waals surface area contributed by atoms with Gasteiger partial charge in [0.2, 0.25) is 0 Å². The molecule has 2 aromatic heterocycles. The van der Waals surface area contributed by atoms with Gasteiger partial charge in [0.25, 0.3) is 0 Å². The summed E-state index contributed by atoms with van der Waals surface area (Å²) in [4.78, 5) is 9.53. The molecule has 0 fully saturated rings. The zero-order valence-electron chi connectivity index (χ0n) is 9.11. The zero-order valence-corrected chi connectivity index (χ0v) is 10.7. The molecular formula is C11H14ClN3S. The van der Waals surface area contributed by atoms with Gasteiger partial charge in [-0.25, -0.2) is 9.97 Å². The van der Waals surface area contributed by atoms with Crippen LogP contribution in [0.5, 0.6) is 0 Å². The molecule has 0 aliphatic carbocycles. The van der Waals surface area contributed by atoms with Crippen molar-refractivity contribution in [3.8, 4) is 0 Å². The Morgan fingerprint density at radius 1 is 1.50 bits per heavy atom. The molecule has 0 saturated carbocycles. The maximum Gasteiger partial charge on any atom is 0.138 e. The number of alkyl halides is 1. The second-order valence-electron chi connectivity index (χ2n) is 3.74. The Kier molecular flexibility index (Phi) is 3.96. The molecule has 0 radical (unpaired) electrons. The van der Waals surface area contributed by atoms with E-state index in [0.717, 1.165) is 28.9 Å². The molecule has 86 valence electrons. The Morgan fingerprint density at radius 2 is 2.38 bits per heavy atom. The Balaban J connectivity index is 2.11. The second kappa shape index (κ2) is 5.46. The molecule has 0 aromatic carbocycles. The summed E-state index contributed by atoms with van der Waals surface area (Å²) < 4.78 is 0. The number of hydrogen-bond acceptors (Lipinski definition) is 4. The van der Waals surface area contributed by atoms with Crippen LogP contribution in [0, 0.1) is 0 Å². The lowest BCUT2D eigenvalue weighted by molar-refractivity contribution is 0.691. The molecule has 0 bridgehead atoms. The van der Waals surface area contributed by atoms with Crippen molar-refractivity contribution >= 4 is 39.0 Å². The van der Waals surface area contributed by atoms with E-state index in [1.807, 2.05) is 5.38 Å². The standard InChI is InChI=1S/C11H14ClN3S/c1-8(3-2-5-12)15-10-9-4-6-16-11(9)14-7-13-10/h4,6-8H,2-3,5H2,1H3,(H,13,14,15). The summed E-state index contributed by atoms with van der Waals surface area (Å²) in [6.45, 7) is 2.15. The number of nitrogens with one attached hydrogen (secondary N) is 1. The number of aromatic nitrogens is 2. The lowest BCUT2D eigenvalue weighted by atomic mass is 10.2. The van der Waals surface area contributed by atoms with Gasteiger partial charge in [-0.3, -0.25) is 0 Å². The average molecular weight is 256 g/mol. The molecule has 0 amide bonds. The highest BCUT2D eigenvalue weighted by atomic mass is 35.5. The topological polar surface area (TPSA) is 37.8 Å². The highest BCUT2D eigenvalue weighted by Crippen LogP contribution is 2.24. The first-order valence-corrected chi connectivity index (χ1v) is 6.73. The summed E-state index contributed by atoms with van der Waals surface area (Å²) in [6.07, 6.45) is 3.68. The molecule has 2 heterocycles. The molecule has 1 N–H and O–H groups in total. The number of rotatable bonds is 5. The van der Waals surface area contributed by atoms with E-state index in [2.05, 4.69) is 28.3 Å². The smallest absolute Gasteiger partial charge is 0.138 e. The van der Waals surface area contributed by atoms with Crippen molar-refractivity contribution in [3.05, 3.63) is 17.8 Å². The van der Waals surface area contributed by atoms with E-state index < -0.39 is 0 Å². The number of halogens is 1. The number of fused-ring (bicyclic) bond motifs is 1. The first kappa shape index (κ1) is 11.6. The molecule has 16 heavy (non-hydrogen) atoms. The van der Waals surface area contributed by atoms with Crippen molar-refractivity contribution in [3.63, 3.8) is 0 Å². The van der Waals surface area contributed by atoms with Crippen LogP contribution in [-0.4, -0.2) is 21.9 Å². The SMILES string of the molecule is CC(CCCCl)Nc1ncnc2sccc12. The molecule has 2 rings (SSSR count). The maximum atomic E-state index is 5.67. The van der Waals surface area contributed by atoms with Crippen molar-refractivity contribution in [1.29, 1.82) is 0 Å². The van der Waals surface area contributed by atoms with Gasteiger partial charge in [-0.15, -0.1) is 22.9 Å². The van der Waals surface area contributed by atoms with Gasteiger partial charge in [0.1, 0.15) is 17.0 Å². The monoisotopic (exact) mass is 255 g/mol. The molecule has 0 spiro atoms. The van der Waals surface area contributed by atoms with Crippen molar-refractivity contribution in [2.45, 2.75) is 25.8 Å². The highest BCUT2D eigenvalue weighted by Gasteiger charge is 2.07. The third-order valence-corrected chi connectivity index (χ3v) is 3.50. The third-order valence-electron chi connectivity index (χ3n) is 2.42. The predicted octanol–water partition coefficient (Wildman–Crippen LogP) is 3.51. The fraction of sp³-hybridized carbons (Fsp3) is 0.455. The van der Waals surface area contributed by atoms with Crippen LogP contribution in [0.25, 0.3) is 10.2 Å². The van der Waals surface area contributed by atoms with Crippen LogP contribution >= 0.6 is 22.9 Å². The summed E-state index contributed by atoms with van der Waals surface area (Å²) >= 11 is 7.31. The van der Waals surface area contributed by atoms with Gasteiger partial charge < -0.3 is 5.32 Å². The normalized spacial score (nSPS) is 12.9. The number of hydrogen-bond donors (Lipinski definition) is 1. The highest BCUT2D eigenvalue weighted by molar-refractivity contribution is 7.16. The molecule has 5 heteroatoms. The minimum absolute atomic E-state index is 0.386. The predicted molar refractivity (Wildman–Crippen MR) is 70.5 cm³/mol. The number of thiophene rings is 1. The Hall–Kier alpha value is -0.870. The van der Waals surface area contributed by atoms with Gasteiger partial charge in [0.05, 0.1) is 5.39 Å². The van der Waals surface area contributed by atoms with E-state index >= 15 is 0 Å². The van der Waals surface area contributed by atoms with E-state index in [-0.39, 0.29) is 0 Å². The number of nitrogens with zero attached hydrogens (tertiary/aromatic N) is 2. The quantitative estimate of drug-likeness (QED) is 0.831. The Labute approximate surface area is 104 Å². The molecule has 3 nitrogen and oxygen atoms in total. The van der Waals surface area contributed by atoms with Crippen LogP contribution < -0.4 is 5.32 Å². The van der Waals surface area contributed by atoms with E-state index in [1.54, 1.807) is 17.7 Å². The molecule has 1 atom stereocenters. The molecule has 0 aliphatic heterocycles. The molecule has 0 aliphatic rings.